The number of nitrogens with zero attached hydrogens (tertiary/aromatic N) is 1. The van der Waals surface area contributed by atoms with Crippen molar-refractivity contribution in [3.63, 3.8) is 0 Å². The molecule has 1 aromatic heterocycles. The summed E-state index contributed by atoms with van der Waals surface area (Å²) in [5.41, 5.74) is 2.76. The Balaban J connectivity index is 1.95. The maximum Gasteiger partial charge on any atom is 0.271 e. The van der Waals surface area contributed by atoms with Gasteiger partial charge in [0.15, 0.2) is 0 Å². The molecular formula is C14H13N3O2S2. The molecule has 2 N–H and O–H groups in total. The smallest absolute Gasteiger partial charge is 0.271 e. The molecule has 0 amide bonds. The Bertz CT molecular complexity index is 819. The number of anilines is 1. The van der Waals surface area contributed by atoms with Gasteiger partial charge in [0.2, 0.25) is 0 Å². The van der Waals surface area contributed by atoms with Crippen LogP contribution in [0.4, 0.5) is 5.69 Å². The average molecular weight is 319 g/mol. The molecule has 0 saturated heterocycles. The van der Waals surface area contributed by atoms with Gasteiger partial charge in [0, 0.05) is 6.54 Å². The Morgan fingerprint density at radius 3 is 2.90 bits per heavy atom. The number of nitrogens with one attached hydrogen (secondary N) is 2. The van der Waals surface area contributed by atoms with Crippen LogP contribution in [0.2, 0.25) is 0 Å². The monoisotopic (exact) mass is 319 g/mol. The van der Waals surface area contributed by atoms with E-state index in [1.807, 2.05) is 18.2 Å². The van der Waals surface area contributed by atoms with Crippen molar-refractivity contribution in [1.82, 2.24) is 5.32 Å². The van der Waals surface area contributed by atoms with Crippen LogP contribution in [-0.2, 0) is 23.0 Å². The highest BCUT2D eigenvalue weighted by molar-refractivity contribution is 7.94. The van der Waals surface area contributed by atoms with Crippen molar-refractivity contribution in [2.24, 2.45) is 0 Å². The van der Waals surface area contributed by atoms with Crippen LogP contribution < -0.4 is 10.0 Å². The predicted octanol–water partition coefficient (Wildman–Crippen LogP) is 2.07. The zero-order valence-corrected chi connectivity index (χ0v) is 12.7. The Morgan fingerprint density at radius 1 is 1.29 bits per heavy atom. The molecule has 0 spiro atoms. The lowest BCUT2D eigenvalue weighted by atomic mass is 10.00. The first-order valence-electron chi connectivity index (χ1n) is 6.44. The summed E-state index contributed by atoms with van der Waals surface area (Å²) in [5.74, 6) is 0. The number of hydrogen-bond acceptors (Lipinski definition) is 5. The van der Waals surface area contributed by atoms with Gasteiger partial charge in [0.05, 0.1) is 5.69 Å². The van der Waals surface area contributed by atoms with Gasteiger partial charge in [0.1, 0.15) is 15.2 Å². The number of fused-ring (bicyclic) bond motifs is 1. The van der Waals surface area contributed by atoms with E-state index in [1.54, 1.807) is 6.07 Å². The van der Waals surface area contributed by atoms with E-state index in [1.165, 1.54) is 12.1 Å². The van der Waals surface area contributed by atoms with Crippen molar-refractivity contribution < 1.29 is 8.42 Å². The molecule has 0 radical (unpaired) electrons. The fourth-order valence-corrected chi connectivity index (χ4v) is 4.53. The molecule has 0 aliphatic carbocycles. The van der Waals surface area contributed by atoms with Gasteiger partial charge < -0.3 is 5.32 Å². The van der Waals surface area contributed by atoms with Crippen molar-refractivity contribution in [1.29, 1.82) is 5.26 Å². The summed E-state index contributed by atoms with van der Waals surface area (Å²) < 4.78 is 27.6. The van der Waals surface area contributed by atoms with Crippen LogP contribution in [-0.4, -0.2) is 15.0 Å². The van der Waals surface area contributed by atoms with Gasteiger partial charge in [0.25, 0.3) is 10.0 Å². The second-order valence-electron chi connectivity index (χ2n) is 4.71. The van der Waals surface area contributed by atoms with Gasteiger partial charge in [-0.25, -0.2) is 8.42 Å². The highest BCUT2D eigenvalue weighted by Gasteiger charge is 2.20. The lowest BCUT2D eigenvalue weighted by Crippen LogP contribution is -2.25. The number of nitriles is 1. The molecule has 0 fully saturated rings. The van der Waals surface area contributed by atoms with E-state index in [0.29, 0.717) is 17.1 Å². The molecule has 108 valence electrons. The molecule has 5 nitrogen and oxygen atoms in total. The Labute approximate surface area is 127 Å². The fraction of sp³-hybridized carbons (Fsp3) is 0.214. The summed E-state index contributed by atoms with van der Waals surface area (Å²) in [6.07, 6.45) is 0.891. The summed E-state index contributed by atoms with van der Waals surface area (Å²) in [5, 5.41) is 12.0. The maximum absolute atomic E-state index is 12.4. The number of rotatable bonds is 3. The molecular weight excluding hydrogens is 306 g/mol. The van der Waals surface area contributed by atoms with Crippen molar-refractivity contribution in [2.45, 2.75) is 17.2 Å². The van der Waals surface area contributed by atoms with Crippen molar-refractivity contribution >= 4 is 27.0 Å². The number of thiophene rings is 1. The van der Waals surface area contributed by atoms with Crippen molar-refractivity contribution in [2.75, 3.05) is 11.3 Å². The standard InChI is InChI=1S/C14H13N3O2S2/c15-8-11-4-5-14(20-11)21(18,19)17-13-3-1-2-10-6-7-16-9-12(10)13/h1-5,16-17H,6-7,9H2. The summed E-state index contributed by atoms with van der Waals surface area (Å²) >= 11 is 0.969. The molecule has 2 aromatic rings. The topological polar surface area (TPSA) is 82.0 Å². The number of benzene rings is 1. The van der Waals surface area contributed by atoms with Gasteiger partial charge in [-0.15, -0.1) is 11.3 Å². The van der Waals surface area contributed by atoms with E-state index in [9.17, 15) is 8.42 Å². The zero-order valence-electron chi connectivity index (χ0n) is 11.1. The lowest BCUT2D eigenvalue weighted by Gasteiger charge is -2.20. The molecule has 7 heteroatoms. The van der Waals surface area contributed by atoms with Crippen molar-refractivity contribution in [3.8, 4) is 6.07 Å². The first kappa shape index (κ1) is 14.1. The normalized spacial score (nSPS) is 14.2. The molecule has 2 heterocycles. The van der Waals surface area contributed by atoms with E-state index < -0.39 is 10.0 Å². The molecule has 0 atom stereocenters. The van der Waals surface area contributed by atoms with Crippen LogP contribution in [0.25, 0.3) is 0 Å². The molecule has 1 aliphatic heterocycles. The molecule has 1 aliphatic rings. The minimum atomic E-state index is -3.65. The highest BCUT2D eigenvalue weighted by atomic mass is 32.2. The van der Waals surface area contributed by atoms with Crippen LogP contribution in [0.3, 0.4) is 0 Å². The van der Waals surface area contributed by atoms with Gasteiger partial charge in [-0.05, 0) is 42.3 Å². The van der Waals surface area contributed by atoms with Gasteiger partial charge >= 0.3 is 0 Å². The molecule has 0 bridgehead atoms. The second kappa shape index (κ2) is 5.48. The first-order valence-corrected chi connectivity index (χ1v) is 8.74. The molecule has 0 unspecified atom stereocenters. The quantitative estimate of drug-likeness (QED) is 0.907. The van der Waals surface area contributed by atoms with Crippen LogP contribution >= 0.6 is 11.3 Å². The van der Waals surface area contributed by atoms with Gasteiger partial charge in [-0.3, -0.25) is 4.72 Å². The third-order valence-electron chi connectivity index (χ3n) is 3.35. The van der Waals surface area contributed by atoms with Crippen LogP contribution in [0.15, 0.2) is 34.5 Å². The van der Waals surface area contributed by atoms with Crippen LogP contribution in [0.1, 0.15) is 16.0 Å². The molecule has 21 heavy (non-hydrogen) atoms. The van der Waals surface area contributed by atoms with Gasteiger partial charge in [-0.2, -0.15) is 5.26 Å². The molecule has 3 rings (SSSR count). The highest BCUT2D eigenvalue weighted by Crippen LogP contribution is 2.27. The Kier molecular flexibility index (Phi) is 3.68. The minimum Gasteiger partial charge on any atom is -0.312 e. The van der Waals surface area contributed by atoms with E-state index in [0.717, 1.165) is 35.4 Å². The van der Waals surface area contributed by atoms with Gasteiger partial charge in [-0.1, -0.05) is 12.1 Å². The number of hydrogen-bond donors (Lipinski definition) is 2. The fourth-order valence-electron chi connectivity index (χ4n) is 2.33. The summed E-state index contributed by atoms with van der Waals surface area (Å²) in [4.78, 5) is 0.382. The maximum atomic E-state index is 12.4. The van der Waals surface area contributed by atoms with Crippen molar-refractivity contribution in [3.05, 3.63) is 46.3 Å². The number of sulfonamides is 1. The summed E-state index contributed by atoms with van der Waals surface area (Å²) in [7, 11) is -3.65. The van der Waals surface area contributed by atoms with E-state index >= 15 is 0 Å². The summed E-state index contributed by atoms with van der Waals surface area (Å²) in [6, 6.07) is 10.6. The Hall–Kier alpha value is -1.88. The molecule has 0 saturated carbocycles. The zero-order chi connectivity index (χ0) is 14.9. The summed E-state index contributed by atoms with van der Waals surface area (Å²) in [6.45, 7) is 1.56. The van der Waals surface area contributed by atoms with E-state index in [-0.39, 0.29) is 4.21 Å². The largest absolute Gasteiger partial charge is 0.312 e. The van der Waals surface area contributed by atoms with E-state index in [2.05, 4.69) is 10.0 Å². The van der Waals surface area contributed by atoms with E-state index in [4.69, 9.17) is 5.26 Å². The van der Waals surface area contributed by atoms with Crippen LogP contribution in [0.5, 0.6) is 0 Å². The Morgan fingerprint density at radius 2 is 2.14 bits per heavy atom. The third-order valence-corrected chi connectivity index (χ3v) is 6.19. The molecule has 1 aromatic carbocycles. The minimum absolute atomic E-state index is 0.153. The first-order chi connectivity index (χ1) is 10.1. The second-order valence-corrected chi connectivity index (χ2v) is 7.70. The third kappa shape index (κ3) is 2.78. The van der Waals surface area contributed by atoms with Crippen LogP contribution in [0, 0.1) is 11.3 Å². The lowest BCUT2D eigenvalue weighted by molar-refractivity contribution is 0.602. The predicted molar refractivity (Wildman–Crippen MR) is 81.7 cm³/mol. The average Bonchev–Trinajstić information content (AvgIpc) is 2.97. The SMILES string of the molecule is N#Cc1ccc(S(=O)(=O)Nc2cccc3c2CNCC3)s1.